The van der Waals surface area contributed by atoms with E-state index in [1.54, 1.807) is 0 Å². The Morgan fingerprint density at radius 2 is 2.15 bits per heavy atom. The van der Waals surface area contributed by atoms with E-state index >= 15 is 0 Å². The number of para-hydroxylation sites is 1. The predicted octanol–water partition coefficient (Wildman–Crippen LogP) is 2.04. The van der Waals surface area contributed by atoms with E-state index in [2.05, 4.69) is 43.1 Å². The van der Waals surface area contributed by atoms with Gasteiger partial charge in [0.15, 0.2) is 0 Å². The molecule has 0 saturated carbocycles. The van der Waals surface area contributed by atoms with E-state index in [0.29, 0.717) is 6.04 Å². The lowest BCUT2D eigenvalue weighted by atomic mass is 10.1. The van der Waals surface area contributed by atoms with Gasteiger partial charge in [0.1, 0.15) is 0 Å². The number of hydrogen-bond acceptors (Lipinski definition) is 2. The summed E-state index contributed by atoms with van der Waals surface area (Å²) in [5, 5.41) is 0. The Bertz CT molecular complexity index is 298. The Morgan fingerprint density at radius 3 is 3.00 bits per heavy atom. The van der Waals surface area contributed by atoms with Crippen LogP contribution in [-0.2, 0) is 11.3 Å². The van der Waals surface area contributed by atoms with Crippen molar-refractivity contribution in [3.05, 3.63) is 29.8 Å². The van der Waals surface area contributed by atoms with Gasteiger partial charge >= 0.3 is 0 Å². The monoisotopic (exact) mass is 177 g/mol. The first kappa shape index (κ1) is 8.57. The number of hydrogen-bond donors (Lipinski definition) is 0. The number of anilines is 1. The lowest BCUT2D eigenvalue weighted by Gasteiger charge is -2.24. The Balaban J connectivity index is 2.40. The molecule has 2 rings (SSSR count). The molecule has 1 aromatic carbocycles. The molecule has 0 fully saturated rings. The molecule has 2 heteroatoms. The standard InChI is InChI=1S/C11H15NO/c1-9-7-13-8-10-5-3-4-6-11(10)12(9)2/h3-6,9H,7-8H2,1-2H3/t9-/m1/s1. The maximum atomic E-state index is 5.56. The minimum Gasteiger partial charge on any atom is -0.375 e. The van der Waals surface area contributed by atoms with Gasteiger partial charge in [-0.25, -0.2) is 0 Å². The molecule has 0 bridgehead atoms. The zero-order valence-electron chi connectivity index (χ0n) is 8.16. The summed E-state index contributed by atoms with van der Waals surface area (Å²) in [7, 11) is 2.12. The Kier molecular flexibility index (Phi) is 2.23. The van der Waals surface area contributed by atoms with Crippen molar-refractivity contribution < 1.29 is 4.74 Å². The van der Waals surface area contributed by atoms with Gasteiger partial charge in [0.05, 0.1) is 13.2 Å². The van der Waals surface area contributed by atoms with Gasteiger partial charge in [-0.3, -0.25) is 0 Å². The highest BCUT2D eigenvalue weighted by Gasteiger charge is 2.16. The molecule has 1 heterocycles. The zero-order chi connectivity index (χ0) is 9.26. The van der Waals surface area contributed by atoms with Crippen LogP contribution >= 0.6 is 0 Å². The van der Waals surface area contributed by atoms with Crippen molar-refractivity contribution in [2.24, 2.45) is 0 Å². The van der Waals surface area contributed by atoms with Crippen molar-refractivity contribution >= 4 is 5.69 Å². The molecular weight excluding hydrogens is 162 g/mol. The van der Waals surface area contributed by atoms with Gasteiger partial charge in [0.2, 0.25) is 0 Å². The maximum Gasteiger partial charge on any atom is 0.0738 e. The molecule has 1 aliphatic heterocycles. The molecule has 0 radical (unpaired) electrons. The molecule has 0 N–H and O–H groups in total. The molecule has 0 saturated heterocycles. The fourth-order valence-corrected chi connectivity index (χ4v) is 1.67. The summed E-state index contributed by atoms with van der Waals surface area (Å²) in [6, 6.07) is 8.88. The predicted molar refractivity (Wildman–Crippen MR) is 54.0 cm³/mol. The molecule has 1 atom stereocenters. The largest absolute Gasteiger partial charge is 0.375 e. The smallest absolute Gasteiger partial charge is 0.0738 e. The highest BCUT2D eigenvalue weighted by atomic mass is 16.5. The van der Waals surface area contributed by atoms with Crippen molar-refractivity contribution in [3.63, 3.8) is 0 Å². The molecule has 0 unspecified atom stereocenters. The van der Waals surface area contributed by atoms with E-state index in [1.165, 1.54) is 11.3 Å². The summed E-state index contributed by atoms with van der Waals surface area (Å²) >= 11 is 0. The van der Waals surface area contributed by atoms with Crippen LogP contribution in [0.4, 0.5) is 5.69 Å². The lowest BCUT2D eigenvalue weighted by Crippen LogP contribution is -2.31. The van der Waals surface area contributed by atoms with Crippen LogP contribution in [0.25, 0.3) is 0 Å². The fourth-order valence-electron chi connectivity index (χ4n) is 1.67. The SMILES string of the molecule is C[C@@H]1COCc2ccccc2N1C. The third-order valence-corrected chi connectivity index (χ3v) is 2.65. The van der Waals surface area contributed by atoms with E-state index in [0.717, 1.165) is 13.2 Å². The number of likely N-dealkylation sites (N-methyl/N-ethyl adjacent to an activating group) is 1. The Morgan fingerprint density at radius 1 is 1.38 bits per heavy atom. The van der Waals surface area contributed by atoms with E-state index in [4.69, 9.17) is 4.74 Å². The fraction of sp³-hybridized carbons (Fsp3) is 0.455. The van der Waals surface area contributed by atoms with E-state index in [9.17, 15) is 0 Å². The lowest BCUT2D eigenvalue weighted by molar-refractivity contribution is 0.116. The normalized spacial score (nSPS) is 22.3. The van der Waals surface area contributed by atoms with Crippen LogP contribution in [0, 0.1) is 0 Å². The highest BCUT2D eigenvalue weighted by Crippen LogP contribution is 2.24. The molecule has 0 spiro atoms. The molecule has 2 nitrogen and oxygen atoms in total. The third kappa shape index (κ3) is 1.54. The molecule has 70 valence electrons. The first-order chi connectivity index (χ1) is 6.29. The molecule has 0 amide bonds. The van der Waals surface area contributed by atoms with Gasteiger partial charge < -0.3 is 9.64 Å². The average molecular weight is 177 g/mol. The first-order valence-electron chi connectivity index (χ1n) is 4.67. The van der Waals surface area contributed by atoms with Crippen LogP contribution in [-0.4, -0.2) is 19.7 Å². The van der Waals surface area contributed by atoms with Gasteiger partial charge in [0, 0.05) is 24.3 Å². The summed E-state index contributed by atoms with van der Waals surface area (Å²) in [6.07, 6.45) is 0. The van der Waals surface area contributed by atoms with Crippen LogP contribution < -0.4 is 4.90 Å². The third-order valence-electron chi connectivity index (χ3n) is 2.65. The quantitative estimate of drug-likeness (QED) is 0.601. The van der Waals surface area contributed by atoms with Crippen LogP contribution in [0.1, 0.15) is 12.5 Å². The molecule has 1 aliphatic rings. The number of ether oxygens (including phenoxy) is 1. The van der Waals surface area contributed by atoms with Crippen LogP contribution in [0.3, 0.4) is 0 Å². The molecule has 1 aromatic rings. The minimum absolute atomic E-state index is 0.462. The second-order valence-electron chi connectivity index (χ2n) is 3.60. The number of benzene rings is 1. The minimum atomic E-state index is 0.462. The van der Waals surface area contributed by atoms with Crippen molar-refractivity contribution in [2.75, 3.05) is 18.6 Å². The number of rotatable bonds is 0. The topological polar surface area (TPSA) is 12.5 Å². The van der Waals surface area contributed by atoms with Crippen molar-refractivity contribution in [2.45, 2.75) is 19.6 Å². The molecular formula is C11H15NO. The Hall–Kier alpha value is -1.02. The number of fused-ring (bicyclic) bond motifs is 1. The Labute approximate surface area is 79.1 Å². The van der Waals surface area contributed by atoms with Crippen molar-refractivity contribution in [1.29, 1.82) is 0 Å². The van der Waals surface area contributed by atoms with Gasteiger partial charge in [0.25, 0.3) is 0 Å². The van der Waals surface area contributed by atoms with Gasteiger partial charge in [-0.2, -0.15) is 0 Å². The van der Waals surface area contributed by atoms with E-state index < -0.39 is 0 Å². The van der Waals surface area contributed by atoms with Crippen molar-refractivity contribution in [3.8, 4) is 0 Å². The van der Waals surface area contributed by atoms with E-state index in [1.807, 2.05) is 0 Å². The van der Waals surface area contributed by atoms with Crippen molar-refractivity contribution in [1.82, 2.24) is 0 Å². The summed E-state index contributed by atoms with van der Waals surface area (Å²) in [5.41, 5.74) is 2.59. The first-order valence-corrected chi connectivity index (χ1v) is 4.67. The average Bonchev–Trinajstić information content (AvgIpc) is 2.29. The van der Waals surface area contributed by atoms with Gasteiger partial charge in [-0.1, -0.05) is 18.2 Å². The second-order valence-corrected chi connectivity index (χ2v) is 3.60. The molecule has 0 aliphatic carbocycles. The van der Waals surface area contributed by atoms with Gasteiger partial charge in [-0.15, -0.1) is 0 Å². The van der Waals surface area contributed by atoms with Crippen LogP contribution in [0.5, 0.6) is 0 Å². The van der Waals surface area contributed by atoms with Gasteiger partial charge in [-0.05, 0) is 13.0 Å². The highest BCUT2D eigenvalue weighted by molar-refractivity contribution is 5.53. The molecule has 0 aromatic heterocycles. The summed E-state index contributed by atoms with van der Waals surface area (Å²) < 4.78 is 5.56. The zero-order valence-corrected chi connectivity index (χ0v) is 8.16. The number of nitrogens with zero attached hydrogens (tertiary/aromatic N) is 1. The van der Waals surface area contributed by atoms with Crippen LogP contribution in [0.15, 0.2) is 24.3 Å². The van der Waals surface area contributed by atoms with E-state index in [-0.39, 0.29) is 0 Å². The second kappa shape index (κ2) is 3.38. The summed E-state index contributed by atoms with van der Waals surface area (Å²) in [5.74, 6) is 0. The molecule has 13 heavy (non-hydrogen) atoms. The summed E-state index contributed by atoms with van der Waals surface area (Å²) in [4.78, 5) is 2.28. The summed E-state index contributed by atoms with van der Waals surface area (Å²) in [6.45, 7) is 3.73. The van der Waals surface area contributed by atoms with Crippen LogP contribution in [0.2, 0.25) is 0 Å². The maximum absolute atomic E-state index is 5.56.